The van der Waals surface area contributed by atoms with Gasteiger partial charge in [0, 0.05) is 37.8 Å². The second-order valence-corrected chi connectivity index (χ2v) is 6.14. The summed E-state index contributed by atoms with van der Waals surface area (Å²) < 4.78 is 4.12. The van der Waals surface area contributed by atoms with Crippen LogP contribution in [-0.2, 0) is 19.6 Å². The number of rotatable bonds is 7. The Balaban J connectivity index is 0.00000176. The first-order valence-corrected chi connectivity index (χ1v) is 7.98. The number of hydrogen-bond acceptors (Lipinski definition) is 3. The first kappa shape index (κ1) is 17.0. The molecule has 22 heavy (non-hydrogen) atoms. The fourth-order valence-corrected chi connectivity index (χ4v) is 2.60. The third-order valence-corrected chi connectivity index (χ3v) is 3.95. The number of aromatic nitrogens is 4. The molecule has 0 unspecified atom stereocenters. The SMILES string of the molecule is CCn1ccc(CNCc2cc(C3CC3)nn2C(C)C)n1.Cl. The molecule has 6 heteroatoms. The molecule has 0 amide bonds. The van der Waals surface area contributed by atoms with E-state index < -0.39 is 0 Å². The highest BCUT2D eigenvalue weighted by Crippen LogP contribution is 2.39. The topological polar surface area (TPSA) is 47.7 Å². The standard InChI is InChI=1S/C16H25N5.ClH/c1-4-20-8-7-14(18-20)10-17-11-15-9-16(13-5-6-13)19-21(15)12(2)3;/h7-9,12-13,17H,4-6,10-11H2,1-3H3;1H. The zero-order valence-corrected chi connectivity index (χ0v) is 14.4. The van der Waals surface area contributed by atoms with Crippen LogP contribution in [0.25, 0.3) is 0 Å². The van der Waals surface area contributed by atoms with Crippen LogP contribution in [0.15, 0.2) is 18.3 Å². The molecule has 0 radical (unpaired) electrons. The maximum absolute atomic E-state index is 4.77. The van der Waals surface area contributed by atoms with Gasteiger partial charge in [0.15, 0.2) is 0 Å². The van der Waals surface area contributed by atoms with E-state index in [-0.39, 0.29) is 12.4 Å². The van der Waals surface area contributed by atoms with Gasteiger partial charge in [-0.05, 0) is 45.7 Å². The largest absolute Gasteiger partial charge is 0.305 e. The van der Waals surface area contributed by atoms with Crippen molar-refractivity contribution in [3.8, 4) is 0 Å². The molecule has 1 saturated carbocycles. The van der Waals surface area contributed by atoms with Gasteiger partial charge in [0.1, 0.15) is 0 Å². The van der Waals surface area contributed by atoms with Crippen molar-refractivity contribution in [1.29, 1.82) is 0 Å². The van der Waals surface area contributed by atoms with E-state index in [9.17, 15) is 0 Å². The van der Waals surface area contributed by atoms with Crippen LogP contribution < -0.4 is 5.32 Å². The first-order chi connectivity index (χ1) is 10.2. The summed E-state index contributed by atoms with van der Waals surface area (Å²) in [6.07, 6.45) is 4.63. The van der Waals surface area contributed by atoms with Crippen molar-refractivity contribution < 1.29 is 0 Å². The fourth-order valence-electron chi connectivity index (χ4n) is 2.60. The lowest BCUT2D eigenvalue weighted by atomic mass is 10.2. The van der Waals surface area contributed by atoms with E-state index in [2.05, 4.69) is 48.0 Å². The number of hydrogen-bond donors (Lipinski definition) is 1. The van der Waals surface area contributed by atoms with E-state index in [1.807, 2.05) is 10.9 Å². The minimum atomic E-state index is 0. The van der Waals surface area contributed by atoms with Gasteiger partial charge in [-0.2, -0.15) is 10.2 Å². The van der Waals surface area contributed by atoms with Crippen LogP contribution in [0.1, 0.15) is 62.7 Å². The predicted octanol–water partition coefficient (Wildman–Crippen LogP) is 3.27. The zero-order chi connectivity index (χ0) is 14.8. The van der Waals surface area contributed by atoms with Crippen molar-refractivity contribution in [2.45, 2.75) is 65.2 Å². The lowest BCUT2D eigenvalue weighted by Gasteiger charge is -2.11. The molecule has 0 saturated heterocycles. The summed E-state index contributed by atoms with van der Waals surface area (Å²) in [6.45, 7) is 9.05. The third kappa shape index (κ3) is 3.90. The van der Waals surface area contributed by atoms with Crippen LogP contribution in [0.2, 0.25) is 0 Å². The first-order valence-electron chi connectivity index (χ1n) is 7.98. The highest BCUT2D eigenvalue weighted by Gasteiger charge is 2.27. The number of halogens is 1. The number of aryl methyl sites for hydroxylation is 1. The van der Waals surface area contributed by atoms with Gasteiger partial charge in [0.2, 0.25) is 0 Å². The summed E-state index contributed by atoms with van der Waals surface area (Å²) in [5.41, 5.74) is 3.65. The Morgan fingerprint density at radius 2 is 2.05 bits per heavy atom. The molecule has 3 rings (SSSR count). The van der Waals surface area contributed by atoms with E-state index in [0.717, 1.165) is 25.3 Å². The summed E-state index contributed by atoms with van der Waals surface area (Å²) in [4.78, 5) is 0. The van der Waals surface area contributed by atoms with Crippen molar-refractivity contribution in [2.24, 2.45) is 0 Å². The summed E-state index contributed by atoms with van der Waals surface area (Å²) in [5, 5.41) is 12.8. The summed E-state index contributed by atoms with van der Waals surface area (Å²) in [5.74, 6) is 0.712. The molecule has 0 spiro atoms. The Morgan fingerprint density at radius 1 is 1.27 bits per heavy atom. The Bertz CT molecular complexity index is 597. The highest BCUT2D eigenvalue weighted by molar-refractivity contribution is 5.85. The summed E-state index contributed by atoms with van der Waals surface area (Å²) >= 11 is 0. The lowest BCUT2D eigenvalue weighted by Crippen LogP contribution is -2.17. The van der Waals surface area contributed by atoms with E-state index in [1.165, 1.54) is 24.2 Å². The molecule has 2 aromatic rings. The van der Waals surface area contributed by atoms with Crippen molar-refractivity contribution in [2.75, 3.05) is 0 Å². The minimum absolute atomic E-state index is 0. The average Bonchev–Trinajstić information content (AvgIpc) is 3.06. The molecule has 1 aliphatic rings. The quantitative estimate of drug-likeness (QED) is 0.850. The minimum Gasteiger partial charge on any atom is -0.305 e. The van der Waals surface area contributed by atoms with Gasteiger partial charge in [-0.25, -0.2) is 0 Å². The predicted molar refractivity (Wildman–Crippen MR) is 90.3 cm³/mol. The molecule has 0 atom stereocenters. The van der Waals surface area contributed by atoms with Crippen molar-refractivity contribution >= 4 is 12.4 Å². The van der Waals surface area contributed by atoms with Crippen molar-refractivity contribution in [3.05, 3.63) is 35.4 Å². The summed E-state index contributed by atoms with van der Waals surface area (Å²) in [7, 11) is 0. The molecule has 2 heterocycles. The van der Waals surface area contributed by atoms with Crippen LogP contribution in [-0.4, -0.2) is 19.6 Å². The Kier molecular flexibility index (Phi) is 5.64. The van der Waals surface area contributed by atoms with Crippen LogP contribution in [0.3, 0.4) is 0 Å². The lowest BCUT2D eigenvalue weighted by molar-refractivity contribution is 0.490. The van der Waals surface area contributed by atoms with Crippen molar-refractivity contribution in [1.82, 2.24) is 24.9 Å². The van der Waals surface area contributed by atoms with Gasteiger partial charge in [-0.15, -0.1) is 12.4 Å². The number of nitrogens with zero attached hydrogens (tertiary/aromatic N) is 4. The second-order valence-electron chi connectivity index (χ2n) is 6.14. The molecule has 0 aromatic carbocycles. The van der Waals surface area contributed by atoms with Crippen molar-refractivity contribution in [3.63, 3.8) is 0 Å². The van der Waals surface area contributed by atoms with Gasteiger partial charge in [-0.3, -0.25) is 9.36 Å². The maximum Gasteiger partial charge on any atom is 0.0762 e. The second kappa shape index (κ2) is 7.29. The molecule has 0 aliphatic heterocycles. The third-order valence-electron chi connectivity index (χ3n) is 3.95. The van der Waals surface area contributed by atoms with Gasteiger partial charge in [0.05, 0.1) is 17.1 Å². The molecule has 0 bridgehead atoms. The van der Waals surface area contributed by atoms with Crippen LogP contribution in [0.4, 0.5) is 0 Å². The molecular weight excluding hydrogens is 298 g/mol. The Labute approximate surface area is 138 Å². The van der Waals surface area contributed by atoms with Gasteiger partial charge >= 0.3 is 0 Å². The van der Waals surface area contributed by atoms with Crippen LogP contribution in [0.5, 0.6) is 0 Å². The fraction of sp³-hybridized carbons (Fsp3) is 0.625. The van der Waals surface area contributed by atoms with Gasteiger partial charge in [0.25, 0.3) is 0 Å². The highest BCUT2D eigenvalue weighted by atomic mass is 35.5. The molecule has 1 fully saturated rings. The van der Waals surface area contributed by atoms with E-state index >= 15 is 0 Å². The average molecular weight is 324 g/mol. The normalized spacial score (nSPS) is 14.4. The smallest absolute Gasteiger partial charge is 0.0762 e. The Hall–Kier alpha value is -1.33. The van der Waals surface area contributed by atoms with E-state index in [0.29, 0.717) is 12.0 Å². The summed E-state index contributed by atoms with van der Waals surface area (Å²) in [6, 6.07) is 4.76. The molecule has 1 N–H and O–H groups in total. The monoisotopic (exact) mass is 323 g/mol. The maximum atomic E-state index is 4.77. The molecule has 5 nitrogen and oxygen atoms in total. The molecule has 1 aliphatic carbocycles. The molecular formula is C16H26ClN5. The zero-order valence-electron chi connectivity index (χ0n) is 13.6. The van der Waals surface area contributed by atoms with Crippen LogP contribution >= 0.6 is 12.4 Å². The van der Waals surface area contributed by atoms with E-state index in [4.69, 9.17) is 5.10 Å². The van der Waals surface area contributed by atoms with Gasteiger partial charge < -0.3 is 5.32 Å². The van der Waals surface area contributed by atoms with Crippen LogP contribution in [0, 0.1) is 0 Å². The molecule has 122 valence electrons. The van der Waals surface area contributed by atoms with E-state index in [1.54, 1.807) is 0 Å². The molecule has 2 aromatic heterocycles. The van der Waals surface area contributed by atoms with Gasteiger partial charge in [-0.1, -0.05) is 0 Å². The number of nitrogens with one attached hydrogen (secondary N) is 1. The Morgan fingerprint density at radius 3 is 2.64 bits per heavy atom.